The minimum absolute atomic E-state index is 0.662. The van der Waals surface area contributed by atoms with Crippen molar-refractivity contribution in [3.63, 3.8) is 0 Å². The Morgan fingerprint density at radius 1 is 1.30 bits per heavy atom. The highest BCUT2D eigenvalue weighted by Crippen LogP contribution is 2.22. The standard InChI is InChI=1S/C18H26N4O/c1-14-20-17-8-4-3-7-16(17)18(21-14)19-12-15-6-5-9-22(13-15)10-11-23-2/h3-4,7-8,15H,5-6,9-13H2,1-2H3,(H,19,20,21)/t15-/m1/s1. The fourth-order valence-electron chi connectivity index (χ4n) is 3.31. The van der Waals surface area contributed by atoms with Crippen LogP contribution in [0.3, 0.4) is 0 Å². The fourth-order valence-corrected chi connectivity index (χ4v) is 3.31. The molecule has 1 aliphatic heterocycles. The number of benzene rings is 1. The Balaban J connectivity index is 1.64. The molecule has 1 N–H and O–H groups in total. The molecule has 1 aliphatic rings. The van der Waals surface area contributed by atoms with Crippen molar-refractivity contribution < 1.29 is 4.74 Å². The number of aromatic nitrogens is 2. The Hall–Kier alpha value is -1.72. The molecule has 1 aromatic heterocycles. The van der Waals surface area contributed by atoms with E-state index in [2.05, 4.69) is 26.3 Å². The van der Waals surface area contributed by atoms with E-state index in [4.69, 9.17) is 4.74 Å². The highest BCUT2D eigenvalue weighted by atomic mass is 16.5. The second-order valence-electron chi connectivity index (χ2n) is 6.32. The van der Waals surface area contributed by atoms with Gasteiger partial charge in [0.05, 0.1) is 12.1 Å². The minimum atomic E-state index is 0.662. The average Bonchev–Trinajstić information content (AvgIpc) is 2.58. The number of aryl methyl sites for hydroxylation is 1. The van der Waals surface area contributed by atoms with Crippen molar-refractivity contribution in [2.75, 3.05) is 45.2 Å². The first-order valence-corrected chi connectivity index (χ1v) is 8.45. The molecule has 0 aliphatic carbocycles. The molecule has 1 atom stereocenters. The highest BCUT2D eigenvalue weighted by molar-refractivity contribution is 5.88. The number of methoxy groups -OCH3 is 1. The Morgan fingerprint density at radius 2 is 2.17 bits per heavy atom. The lowest BCUT2D eigenvalue weighted by atomic mass is 9.98. The van der Waals surface area contributed by atoms with Crippen molar-refractivity contribution >= 4 is 16.7 Å². The molecule has 0 saturated carbocycles. The Kier molecular flexibility index (Phi) is 5.41. The summed E-state index contributed by atoms with van der Waals surface area (Å²) in [7, 11) is 1.77. The van der Waals surface area contributed by atoms with Gasteiger partial charge in [0.15, 0.2) is 0 Å². The first-order chi connectivity index (χ1) is 11.3. The molecule has 1 aromatic carbocycles. The molecule has 23 heavy (non-hydrogen) atoms. The highest BCUT2D eigenvalue weighted by Gasteiger charge is 2.19. The maximum Gasteiger partial charge on any atom is 0.137 e. The lowest BCUT2D eigenvalue weighted by Crippen LogP contribution is -2.39. The van der Waals surface area contributed by atoms with Gasteiger partial charge in [-0.3, -0.25) is 0 Å². The number of fused-ring (bicyclic) bond motifs is 1. The van der Waals surface area contributed by atoms with Crippen LogP contribution in [-0.2, 0) is 4.74 Å². The number of nitrogens with one attached hydrogen (secondary N) is 1. The smallest absolute Gasteiger partial charge is 0.137 e. The summed E-state index contributed by atoms with van der Waals surface area (Å²) in [6.07, 6.45) is 2.54. The Morgan fingerprint density at radius 3 is 3.04 bits per heavy atom. The summed E-state index contributed by atoms with van der Waals surface area (Å²) < 4.78 is 5.20. The molecule has 1 saturated heterocycles. The second-order valence-corrected chi connectivity index (χ2v) is 6.32. The number of likely N-dealkylation sites (tertiary alicyclic amines) is 1. The van der Waals surface area contributed by atoms with E-state index in [9.17, 15) is 0 Å². The van der Waals surface area contributed by atoms with Crippen LogP contribution in [0.1, 0.15) is 18.7 Å². The number of hydrogen-bond donors (Lipinski definition) is 1. The van der Waals surface area contributed by atoms with Gasteiger partial charge in [0.2, 0.25) is 0 Å². The third kappa shape index (κ3) is 4.18. The van der Waals surface area contributed by atoms with E-state index in [1.165, 1.54) is 19.4 Å². The molecule has 3 rings (SSSR count). The Labute approximate surface area is 138 Å². The van der Waals surface area contributed by atoms with E-state index in [1.807, 2.05) is 25.1 Å². The van der Waals surface area contributed by atoms with Crippen molar-refractivity contribution in [3.8, 4) is 0 Å². The molecular formula is C18H26N4O. The number of ether oxygens (including phenoxy) is 1. The van der Waals surface area contributed by atoms with Crippen molar-refractivity contribution in [1.82, 2.24) is 14.9 Å². The van der Waals surface area contributed by atoms with E-state index in [-0.39, 0.29) is 0 Å². The van der Waals surface area contributed by atoms with Gasteiger partial charge < -0.3 is 15.0 Å². The van der Waals surface area contributed by atoms with Gasteiger partial charge in [0.25, 0.3) is 0 Å². The average molecular weight is 314 g/mol. The summed E-state index contributed by atoms with van der Waals surface area (Å²) in [4.78, 5) is 11.6. The summed E-state index contributed by atoms with van der Waals surface area (Å²) in [6, 6.07) is 8.19. The van der Waals surface area contributed by atoms with E-state index < -0.39 is 0 Å². The molecule has 124 valence electrons. The zero-order chi connectivity index (χ0) is 16.1. The molecule has 1 fully saturated rings. The molecule has 0 unspecified atom stereocenters. The van der Waals surface area contributed by atoms with E-state index in [0.717, 1.165) is 48.8 Å². The second kappa shape index (κ2) is 7.70. The topological polar surface area (TPSA) is 50.3 Å². The molecule has 0 spiro atoms. The van der Waals surface area contributed by atoms with E-state index >= 15 is 0 Å². The maximum atomic E-state index is 5.20. The van der Waals surface area contributed by atoms with Gasteiger partial charge >= 0.3 is 0 Å². The fraction of sp³-hybridized carbons (Fsp3) is 0.556. The molecule has 0 radical (unpaired) electrons. The quantitative estimate of drug-likeness (QED) is 0.888. The number of piperidine rings is 1. The third-order valence-corrected chi connectivity index (χ3v) is 4.49. The summed E-state index contributed by atoms with van der Waals surface area (Å²) >= 11 is 0. The van der Waals surface area contributed by atoms with Gasteiger partial charge in [-0.15, -0.1) is 0 Å². The number of nitrogens with zero attached hydrogens (tertiary/aromatic N) is 3. The van der Waals surface area contributed by atoms with E-state index in [1.54, 1.807) is 7.11 Å². The molecule has 5 heteroatoms. The predicted molar refractivity (Wildman–Crippen MR) is 93.8 cm³/mol. The van der Waals surface area contributed by atoms with Crippen LogP contribution in [-0.4, -0.2) is 54.8 Å². The van der Waals surface area contributed by atoms with Crippen LogP contribution in [0.25, 0.3) is 10.9 Å². The van der Waals surface area contributed by atoms with Crippen LogP contribution in [0, 0.1) is 12.8 Å². The van der Waals surface area contributed by atoms with Gasteiger partial charge in [0, 0.05) is 32.1 Å². The zero-order valence-corrected chi connectivity index (χ0v) is 14.1. The Bertz CT molecular complexity index is 646. The summed E-state index contributed by atoms with van der Waals surface area (Å²) in [5.41, 5.74) is 1.01. The summed E-state index contributed by atoms with van der Waals surface area (Å²) in [5, 5.41) is 4.67. The van der Waals surface area contributed by atoms with Crippen LogP contribution in [0.15, 0.2) is 24.3 Å². The normalized spacial score (nSPS) is 19.1. The molecule has 0 bridgehead atoms. The zero-order valence-electron chi connectivity index (χ0n) is 14.1. The number of rotatable bonds is 6. The largest absolute Gasteiger partial charge is 0.383 e. The van der Waals surface area contributed by atoms with Gasteiger partial charge in [-0.2, -0.15) is 0 Å². The van der Waals surface area contributed by atoms with Crippen molar-refractivity contribution in [2.24, 2.45) is 5.92 Å². The third-order valence-electron chi connectivity index (χ3n) is 4.49. The van der Waals surface area contributed by atoms with Gasteiger partial charge in [0.1, 0.15) is 11.6 Å². The maximum absolute atomic E-state index is 5.20. The first kappa shape index (κ1) is 16.1. The first-order valence-electron chi connectivity index (χ1n) is 8.45. The van der Waals surface area contributed by atoms with Gasteiger partial charge in [-0.25, -0.2) is 9.97 Å². The van der Waals surface area contributed by atoms with Crippen LogP contribution >= 0.6 is 0 Å². The van der Waals surface area contributed by atoms with Gasteiger partial charge in [-0.05, 0) is 44.4 Å². The molecule has 0 amide bonds. The van der Waals surface area contributed by atoms with Crippen LogP contribution in [0.5, 0.6) is 0 Å². The van der Waals surface area contributed by atoms with Crippen molar-refractivity contribution in [3.05, 3.63) is 30.1 Å². The lowest BCUT2D eigenvalue weighted by Gasteiger charge is -2.32. The number of hydrogen-bond acceptors (Lipinski definition) is 5. The van der Waals surface area contributed by atoms with E-state index in [0.29, 0.717) is 5.92 Å². The molecular weight excluding hydrogens is 288 g/mol. The number of para-hydroxylation sites is 1. The summed E-state index contributed by atoms with van der Waals surface area (Å²) in [5.74, 6) is 2.44. The SMILES string of the molecule is COCCN1CCC[C@H](CNc2nc(C)nc3ccccc23)C1. The lowest BCUT2D eigenvalue weighted by molar-refractivity contribution is 0.117. The van der Waals surface area contributed by atoms with Crippen LogP contribution in [0.4, 0.5) is 5.82 Å². The summed E-state index contributed by atoms with van der Waals surface area (Å²) in [6.45, 7) is 7.08. The monoisotopic (exact) mass is 314 g/mol. The molecule has 2 heterocycles. The van der Waals surface area contributed by atoms with Crippen molar-refractivity contribution in [2.45, 2.75) is 19.8 Å². The van der Waals surface area contributed by atoms with Crippen LogP contribution in [0.2, 0.25) is 0 Å². The molecule has 5 nitrogen and oxygen atoms in total. The number of anilines is 1. The minimum Gasteiger partial charge on any atom is -0.383 e. The van der Waals surface area contributed by atoms with Crippen molar-refractivity contribution in [1.29, 1.82) is 0 Å². The molecule has 2 aromatic rings. The predicted octanol–water partition coefficient (Wildman–Crippen LogP) is 2.71. The van der Waals surface area contributed by atoms with Gasteiger partial charge in [-0.1, -0.05) is 12.1 Å². The van der Waals surface area contributed by atoms with Crippen LogP contribution < -0.4 is 5.32 Å².